The Morgan fingerprint density at radius 1 is 1.33 bits per heavy atom. The fourth-order valence-electron chi connectivity index (χ4n) is 2.89. The van der Waals surface area contributed by atoms with Crippen LogP contribution in [0.5, 0.6) is 0 Å². The minimum Gasteiger partial charge on any atom is -0.369 e. The van der Waals surface area contributed by atoms with E-state index in [4.69, 9.17) is 16.3 Å². The molecule has 0 N–H and O–H groups in total. The van der Waals surface area contributed by atoms with Gasteiger partial charge in [0.25, 0.3) is 0 Å². The van der Waals surface area contributed by atoms with Crippen molar-refractivity contribution in [1.29, 1.82) is 0 Å². The molecule has 12 heavy (non-hydrogen) atoms. The van der Waals surface area contributed by atoms with Gasteiger partial charge < -0.3 is 4.74 Å². The fourth-order valence-corrected chi connectivity index (χ4v) is 3.64. The van der Waals surface area contributed by atoms with Crippen LogP contribution in [0.15, 0.2) is 0 Å². The van der Waals surface area contributed by atoms with E-state index >= 15 is 0 Å². The lowest BCUT2D eigenvalue weighted by atomic mass is 9.68. The second-order valence-electron chi connectivity index (χ2n) is 5.02. The fraction of sp³-hybridized carbons (Fsp3) is 1.00. The van der Waals surface area contributed by atoms with Crippen LogP contribution in [0.1, 0.15) is 40.0 Å². The predicted octanol–water partition coefficient (Wildman–Crippen LogP) is 2.96. The average molecular weight is 189 g/mol. The maximum Gasteiger partial charge on any atom is 0.0676 e. The first-order chi connectivity index (χ1) is 5.43. The van der Waals surface area contributed by atoms with Gasteiger partial charge in [-0.05, 0) is 40.0 Å². The van der Waals surface area contributed by atoms with Crippen molar-refractivity contribution >= 4 is 11.6 Å². The zero-order valence-corrected chi connectivity index (χ0v) is 8.82. The van der Waals surface area contributed by atoms with Gasteiger partial charge in [-0.25, -0.2) is 0 Å². The summed E-state index contributed by atoms with van der Waals surface area (Å²) in [4.78, 5) is 0. The van der Waals surface area contributed by atoms with E-state index in [-0.39, 0.29) is 11.2 Å². The van der Waals surface area contributed by atoms with Gasteiger partial charge in [-0.2, -0.15) is 0 Å². The van der Waals surface area contributed by atoms with Crippen molar-refractivity contribution in [2.75, 3.05) is 0 Å². The lowest BCUT2D eigenvalue weighted by Gasteiger charge is -2.56. The number of ether oxygens (including phenoxy) is 1. The molecule has 3 fully saturated rings. The first-order valence-electron chi connectivity index (χ1n) is 4.77. The van der Waals surface area contributed by atoms with Gasteiger partial charge in [0, 0.05) is 11.3 Å². The van der Waals surface area contributed by atoms with Gasteiger partial charge in [-0.15, -0.1) is 11.6 Å². The SMILES string of the molecule is CC1(C)O[C@]2(C)CC[C@H]1[C@H](Cl)C2. The zero-order chi connectivity index (χ0) is 8.98. The highest BCUT2D eigenvalue weighted by Gasteiger charge is 2.52. The average Bonchev–Trinajstić information content (AvgIpc) is 1.80. The van der Waals surface area contributed by atoms with Crippen molar-refractivity contribution in [3.05, 3.63) is 0 Å². The molecule has 0 aromatic heterocycles. The van der Waals surface area contributed by atoms with E-state index in [0.29, 0.717) is 11.3 Å². The van der Waals surface area contributed by atoms with Crippen molar-refractivity contribution in [1.82, 2.24) is 0 Å². The van der Waals surface area contributed by atoms with Crippen LogP contribution >= 0.6 is 11.6 Å². The van der Waals surface area contributed by atoms with E-state index in [9.17, 15) is 0 Å². The van der Waals surface area contributed by atoms with E-state index in [1.54, 1.807) is 0 Å². The smallest absolute Gasteiger partial charge is 0.0676 e. The second-order valence-corrected chi connectivity index (χ2v) is 5.58. The molecular formula is C10H17ClO. The summed E-state index contributed by atoms with van der Waals surface area (Å²) < 4.78 is 6.05. The van der Waals surface area contributed by atoms with Gasteiger partial charge in [0.1, 0.15) is 0 Å². The molecule has 1 aliphatic carbocycles. The van der Waals surface area contributed by atoms with E-state index in [0.717, 1.165) is 6.42 Å². The monoisotopic (exact) mass is 188 g/mol. The van der Waals surface area contributed by atoms with Crippen LogP contribution in [0.3, 0.4) is 0 Å². The largest absolute Gasteiger partial charge is 0.369 e. The Kier molecular flexibility index (Phi) is 1.76. The van der Waals surface area contributed by atoms with Gasteiger partial charge in [-0.3, -0.25) is 0 Å². The summed E-state index contributed by atoms with van der Waals surface area (Å²) in [5, 5.41) is 0.326. The summed E-state index contributed by atoms with van der Waals surface area (Å²) >= 11 is 6.31. The minimum absolute atomic E-state index is 0.00231. The van der Waals surface area contributed by atoms with Gasteiger partial charge in [-0.1, -0.05) is 0 Å². The topological polar surface area (TPSA) is 9.23 Å². The van der Waals surface area contributed by atoms with Crippen molar-refractivity contribution in [3.63, 3.8) is 0 Å². The summed E-state index contributed by atoms with van der Waals surface area (Å²) in [6, 6.07) is 0. The van der Waals surface area contributed by atoms with Crippen LogP contribution in [0, 0.1) is 5.92 Å². The number of rotatable bonds is 0. The molecule has 2 aliphatic heterocycles. The molecule has 0 aromatic rings. The number of hydrogen-bond donors (Lipinski definition) is 0. The van der Waals surface area contributed by atoms with E-state index in [2.05, 4.69) is 20.8 Å². The molecule has 0 amide bonds. The van der Waals surface area contributed by atoms with Crippen LogP contribution in [0.4, 0.5) is 0 Å². The number of hydrogen-bond acceptors (Lipinski definition) is 1. The highest BCUT2D eigenvalue weighted by Crippen LogP contribution is 2.51. The van der Waals surface area contributed by atoms with Crippen LogP contribution in [-0.4, -0.2) is 16.6 Å². The van der Waals surface area contributed by atoms with Crippen LogP contribution in [0.25, 0.3) is 0 Å². The van der Waals surface area contributed by atoms with Crippen molar-refractivity contribution in [3.8, 4) is 0 Å². The highest BCUT2D eigenvalue weighted by atomic mass is 35.5. The molecule has 3 atom stereocenters. The second kappa shape index (κ2) is 2.39. The summed E-state index contributed by atoms with van der Waals surface area (Å²) in [6.45, 7) is 6.53. The molecule has 2 saturated heterocycles. The quantitative estimate of drug-likeness (QED) is 0.532. The molecule has 3 rings (SSSR count). The Balaban J connectivity index is 2.28. The number of alkyl halides is 1. The third-order valence-electron chi connectivity index (χ3n) is 3.45. The molecule has 2 heteroatoms. The van der Waals surface area contributed by atoms with Gasteiger partial charge >= 0.3 is 0 Å². The van der Waals surface area contributed by atoms with E-state index in [1.807, 2.05) is 0 Å². The molecule has 0 unspecified atom stereocenters. The Hall–Kier alpha value is 0.250. The Labute approximate surface area is 79.4 Å². The van der Waals surface area contributed by atoms with Crippen molar-refractivity contribution in [2.45, 2.75) is 56.6 Å². The normalized spacial score (nSPS) is 51.0. The van der Waals surface area contributed by atoms with Crippen LogP contribution in [0.2, 0.25) is 0 Å². The molecule has 1 saturated carbocycles. The minimum atomic E-state index is -0.00231. The summed E-state index contributed by atoms with van der Waals surface area (Å²) in [6.07, 6.45) is 3.45. The lowest BCUT2D eigenvalue weighted by Crippen LogP contribution is -2.58. The molecular weight excluding hydrogens is 172 g/mol. The van der Waals surface area contributed by atoms with Crippen molar-refractivity contribution in [2.24, 2.45) is 5.92 Å². The molecule has 0 radical (unpaired) electrons. The van der Waals surface area contributed by atoms with E-state index < -0.39 is 0 Å². The first-order valence-corrected chi connectivity index (χ1v) is 5.21. The standard InChI is InChI=1S/C10H17ClO/c1-9(2)7-4-5-10(3,12-9)6-8(7)11/h7-8H,4-6H2,1-3H3/t7-,8+,10+/m0/s1. The summed E-state index contributed by atoms with van der Waals surface area (Å²) in [5.41, 5.74) is 0.0579. The molecule has 1 nitrogen and oxygen atoms in total. The maximum absolute atomic E-state index is 6.31. The van der Waals surface area contributed by atoms with Gasteiger partial charge in [0.05, 0.1) is 11.2 Å². The summed E-state index contributed by atoms with van der Waals surface area (Å²) in [5.74, 6) is 0.556. The zero-order valence-electron chi connectivity index (χ0n) is 8.06. The predicted molar refractivity (Wildman–Crippen MR) is 50.6 cm³/mol. The number of halogens is 1. The summed E-state index contributed by atoms with van der Waals surface area (Å²) in [7, 11) is 0. The Morgan fingerprint density at radius 3 is 2.42 bits per heavy atom. The Morgan fingerprint density at radius 2 is 2.00 bits per heavy atom. The molecule has 3 aliphatic rings. The van der Waals surface area contributed by atoms with Crippen LogP contribution < -0.4 is 0 Å². The first kappa shape index (κ1) is 8.83. The number of fused-ring (bicyclic) bond motifs is 3. The van der Waals surface area contributed by atoms with Gasteiger partial charge in [0.2, 0.25) is 0 Å². The third kappa shape index (κ3) is 1.18. The van der Waals surface area contributed by atoms with Gasteiger partial charge in [0.15, 0.2) is 0 Å². The molecule has 2 bridgehead atoms. The lowest BCUT2D eigenvalue weighted by molar-refractivity contribution is -0.227. The third-order valence-corrected chi connectivity index (χ3v) is 3.91. The molecule has 70 valence electrons. The van der Waals surface area contributed by atoms with Crippen molar-refractivity contribution < 1.29 is 4.74 Å². The van der Waals surface area contributed by atoms with Crippen LogP contribution in [-0.2, 0) is 4.74 Å². The molecule has 2 heterocycles. The molecule has 0 spiro atoms. The highest BCUT2D eigenvalue weighted by molar-refractivity contribution is 6.21. The van der Waals surface area contributed by atoms with E-state index in [1.165, 1.54) is 12.8 Å². The Bertz CT molecular complexity index is 199. The molecule has 0 aromatic carbocycles. The maximum atomic E-state index is 6.31.